The molecule has 0 spiro atoms. The van der Waals surface area contributed by atoms with Crippen molar-refractivity contribution in [3.05, 3.63) is 21.9 Å². The molecule has 2 atom stereocenters. The van der Waals surface area contributed by atoms with Gasteiger partial charge < -0.3 is 5.11 Å². The van der Waals surface area contributed by atoms with Crippen LogP contribution < -0.4 is 0 Å². The fourth-order valence-corrected chi connectivity index (χ4v) is 3.93. The summed E-state index contributed by atoms with van der Waals surface area (Å²) in [5, 5.41) is 12.7. The van der Waals surface area contributed by atoms with Crippen molar-refractivity contribution in [2.45, 2.75) is 37.5 Å². The van der Waals surface area contributed by atoms with E-state index < -0.39 is 0 Å². The molecular weight excluding hydrogens is 212 g/mol. The Morgan fingerprint density at radius 2 is 2.36 bits per heavy atom. The summed E-state index contributed by atoms with van der Waals surface area (Å²) in [6, 6.07) is 2.12. The number of aryl methyl sites for hydroxylation is 1. The van der Waals surface area contributed by atoms with Gasteiger partial charge in [-0.15, -0.1) is 11.3 Å². The smallest absolute Gasteiger partial charge is 0.0916 e. The van der Waals surface area contributed by atoms with Crippen LogP contribution in [-0.2, 0) is 0 Å². The average Bonchev–Trinajstić information content (AvgIpc) is 2.65. The highest BCUT2D eigenvalue weighted by atomic mass is 32.2. The van der Waals surface area contributed by atoms with Crippen LogP contribution in [0.15, 0.2) is 11.4 Å². The lowest BCUT2D eigenvalue weighted by atomic mass is 10.0. The lowest BCUT2D eigenvalue weighted by Crippen LogP contribution is -2.18. The summed E-state index contributed by atoms with van der Waals surface area (Å²) in [5.41, 5.74) is 1.12. The minimum atomic E-state index is -0.245. The van der Waals surface area contributed by atoms with Crippen LogP contribution >= 0.6 is 23.1 Å². The Morgan fingerprint density at radius 3 is 2.93 bits per heavy atom. The van der Waals surface area contributed by atoms with Crippen LogP contribution in [0.2, 0.25) is 0 Å². The maximum absolute atomic E-state index is 10.1. The summed E-state index contributed by atoms with van der Waals surface area (Å²) in [7, 11) is 0. The molecule has 0 amide bonds. The van der Waals surface area contributed by atoms with E-state index in [1.54, 1.807) is 11.3 Å². The normalized spacial score (nSPS) is 24.9. The second kappa shape index (κ2) is 4.69. The first-order chi connectivity index (χ1) is 6.77. The molecule has 1 nitrogen and oxygen atoms in total. The van der Waals surface area contributed by atoms with Gasteiger partial charge in [0.25, 0.3) is 0 Å². The number of thioether (sulfide) groups is 1. The molecule has 1 aromatic heterocycles. The van der Waals surface area contributed by atoms with E-state index in [2.05, 4.69) is 18.4 Å². The molecule has 1 aliphatic rings. The van der Waals surface area contributed by atoms with Gasteiger partial charge in [0, 0.05) is 10.1 Å². The van der Waals surface area contributed by atoms with Gasteiger partial charge in [0.1, 0.15) is 0 Å². The van der Waals surface area contributed by atoms with Gasteiger partial charge in [0.2, 0.25) is 0 Å². The molecule has 1 saturated heterocycles. The average molecular weight is 228 g/mol. The van der Waals surface area contributed by atoms with E-state index >= 15 is 0 Å². The Morgan fingerprint density at radius 1 is 1.50 bits per heavy atom. The molecule has 1 aromatic rings. The fraction of sp³-hybridized carbons (Fsp3) is 0.636. The molecule has 2 rings (SSSR count). The maximum atomic E-state index is 10.1. The third kappa shape index (κ3) is 2.33. The van der Waals surface area contributed by atoms with Crippen LogP contribution in [0.25, 0.3) is 0 Å². The third-order valence-electron chi connectivity index (χ3n) is 2.66. The Labute approximate surface area is 93.5 Å². The minimum Gasteiger partial charge on any atom is -0.387 e. The molecule has 1 fully saturated rings. The minimum absolute atomic E-state index is 0.245. The molecule has 2 unspecified atom stereocenters. The molecule has 0 saturated carbocycles. The zero-order valence-electron chi connectivity index (χ0n) is 8.40. The zero-order chi connectivity index (χ0) is 9.97. The molecule has 14 heavy (non-hydrogen) atoms. The van der Waals surface area contributed by atoms with E-state index in [1.165, 1.54) is 29.9 Å². The highest BCUT2D eigenvalue weighted by Crippen LogP contribution is 2.35. The van der Waals surface area contributed by atoms with Gasteiger partial charge in [0.15, 0.2) is 0 Å². The summed E-state index contributed by atoms with van der Waals surface area (Å²) < 4.78 is 0. The predicted octanol–water partition coefficient (Wildman–Crippen LogP) is 3.38. The van der Waals surface area contributed by atoms with Crippen molar-refractivity contribution in [1.29, 1.82) is 0 Å². The monoisotopic (exact) mass is 228 g/mol. The number of aliphatic hydroxyl groups excluding tert-OH is 1. The Kier molecular flexibility index (Phi) is 3.52. The van der Waals surface area contributed by atoms with Crippen molar-refractivity contribution >= 4 is 23.1 Å². The van der Waals surface area contributed by atoms with E-state index in [4.69, 9.17) is 0 Å². The van der Waals surface area contributed by atoms with Gasteiger partial charge in [-0.05, 0) is 42.5 Å². The first-order valence-electron chi connectivity index (χ1n) is 5.12. The topological polar surface area (TPSA) is 20.2 Å². The van der Waals surface area contributed by atoms with Crippen LogP contribution in [0, 0.1) is 6.92 Å². The quantitative estimate of drug-likeness (QED) is 0.837. The number of hydrogen-bond acceptors (Lipinski definition) is 3. The SMILES string of the molecule is Cc1cc(C(O)C2CCCCS2)cs1. The highest BCUT2D eigenvalue weighted by Gasteiger charge is 2.23. The van der Waals surface area contributed by atoms with Crippen molar-refractivity contribution < 1.29 is 5.11 Å². The first-order valence-corrected chi connectivity index (χ1v) is 7.05. The number of rotatable bonds is 2. The molecule has 1 N–H and O–H groups in total. The molecule has 0 aromatic carbocycles. The van der Waals surface area contributed by atoms with Gasteiger partial charge in [0.05, 0.1) is 6.10 Å². The summed E-state index contributed by atoms with van der Waals surface area (Å²) in [6.45, 7) is 2.09. The lowest BCUT2D eigenvalue weighted by molar-refractivity contribution is 0.169. The second-order valence-corrected chi connectivity index (χ2v) is 6.30. The Hall–Kier alpha value is 0.01000. The van der Waals surface area contributed by atoms with Gasteiger partial charge in [-0.2, -0.15) is 11.8 Å². The van der Waals surface area contributed by atoms with Gasteiger partial charge in [-0.3, -0.25) is 0 Å². The van der Waals surface area contributed by atoms with E-state index in [9.17, 15) is 5.11 Å². The molecule has 3 heteroatoms. The molecule has 0 aliphatic carbocycles. The number of thiophene rings is 1. The van der Waals surface area contributed by atoms with E-state index in [0.717, 1.165) is 5.56 Å². The molecular formula is C11H16OS2. The summed E-state index contributed by atoms with van der Waals surface area (Å²) in [5.74, 6) is 1.21. The van der Waals surface area contributed by atoms with Crippen molar-refractivity contribution in [3.8, 4) is 0 Å². The van der Waals surface area contributed by atoms with Gasteiger partial charge in [-0.1, -0.05) is 6.42 Å². The van der Waals surface area contributed by atoms with Crippen molar-refractivity contribution in [2.24, 2.45) is 0 Å². The van der Waals surface area contributed by atoms with E-state index in [0.29, 0.717) is 5.25 Å². The molecule has 0 radical (unpaired) electrons. The summed E-state index contributed by atoms with van der Waals surface area (Å²) in [6.07, 6.45) is 3.51. The Bertz CT molecular complexity index is 289. The molecule has 0 bridgehead atoms. The van der Waals surface area contributed by atoms with Crippen molar-refractivity contribution in [1.82, 2.24) is 0 Å². The molecule has 78 valence electrons. The highest BCUT2D eigenvalue weighted by molar-refractivity contribution is 7.99. The van der Waals surface area contributed by atoms with E-state index in [1.807, 2.05) is 11.8 Å². The second-order valence-electron chi connectivity index (χ2n) is 3.84. The zero-order valence-corrected chi connectivity index (χ0v) is 10.0. The fourth-order valence-electron chi connectivity index (χ4n) is 1.85. The van der Waals surface area contributed by atoms with E-state index in [-0.39, 0.29) is 6.10 Å². The number of hydrogen-bond donors (Lipinski definition) is 1. The lowest BCUT2D eigenvalue weighted by Gasteiger charge is -2.25. The summed E-state index contributed by atoms with van der Waals surface area (Å²) >= 11 is 3.66. The van der Waals surface area contributed by atoms with Crippen LogP contribution in [0.4, 0.5) is 0 Å². The first kappa shape index (κ1) is 10.5. The van der Waals surface area contributed by atoms with Crippen molar-refractivity contribution in [3.63, 3.8) is 0 Å². The van der Waals surface area contributed by atoms with Gasteiger partial charge >= 0.3 is 0 Å². The standard InChI is InChI=1S/C11H16OS2/c1-8-6-9(7-14-8)11(12)10-4-2-3-5-13-10/h6-7,10-12H,2-5H2,1H3. The Balaban J connectivity index is 2.03. The maximum Gasteiger partial charge on any atom is 0.0916 e. The summed E-state index contributed by atoms with van der Waals surface area (Å²) in [4.78, 5) is 1.29. The molecule has 2 heterocycles. The van der Waals surface area contributed by atoms with Crippen LogP contribution in [0.5, 0.6) is 0 Å². The van der Waals surface area contributed by atoms with Gasteiger partial charge in [-0.25, -0.2) is 0 Å². The predicted molar refractivity (Wildman–Crippen MR) is 64.1 cm³/mol. The molecule has 1 aliphatic heterocycles. The van der Waals surface area contributed by atoms with Crippen LogP contribution in [-0.4, -0.2) is 16.1 Å². The van der Waals surface area contributed by atoms with Crippen LogP contribution in [0.3, 0.4) is 0 Å². The number of aliphatic hydroxyl groups is 1. The largest absolute Gasteiger partial charge is 0.387 e. The van der Waals surface area contributed by atoms with Crippen molar-refractivity contribution in [2.75, 3.05) is 5.75 Å². The van der Waals surface area contributed by atoms with Crippen LogP contribution in [0.1, 0.15) is 35.8 Å². The third-order valence-corrected chi connectivity index (χ3v) is 4.99.